The summed E-state index contributed by atoms with van der Waals surface area (Å²) in [5, 5.41) is 13.9. The van der Waals surface area contributed by atoms with Crippen molar-refractivity contribution in [1.29, 1.82) is 0 Å². The number of aliphatic hydroxyl groups excluding tert-OH is 1. The van der Waals surface area contributed by atoms with Gasteiger partial charge in [0, 0.05) is 24.4 Å². The lowest BCUT2D eigenvalue weighted by atomic mass is 9.57. The minimum absolute atomic E-state index is 0.0232. The molecule has 3 rings (SSSR count). The van der Waals surface area contributed by atoms with Crippen LogP contribution in [-0.2, 0) is 9.53 Å². The molecule has 4 atom stereocenters. The Morgan fingerprint density at radius 1 is 1.12 bits per heavy atom. The number of rotatable bonds is 8. The first kappa shape index (κ1) is 25.5. The van der Waals surface area contributed by atoms with Crippen molar-refractivity contribution in [3.63, 3.8) is 0 Å². The number of alkyl carbamates (subject to hydrolysis) is 1. The molecule has 33 heavy (non-hydrogen) atoms. The van der Waals surface area contributed by atoms with Gasteiger partial charge in [0.1, 0.15) is 5.75 Å². The van der Waals surface area contributed by atoms with Crippen LogP contribution >= 0.6 is 0 Å². The summed E-state index contributed by atoms with van der Waals surface area (Å²) in [7, 11) is 5.37. The number of amides is 1. The molecule has 0 spiro atoms. The third kappa shape index (κ3) is 6.48. The number of ether oxygens (including phenoxy) is 2. The van der Waals surface area contributed by atoms with Crippen LogP contribution in [0, 0.1) is 23.2 Å². The van der Waals surface area contributed by atoms with E-state index >= 15 is 0 Å². The highest BCUT2D eigenvalue weighted by molar-refractivity contribution is 5.77. The van der Waals surface area contributed by atoms with E-state index in [-0.39, 0.29) is 17.8 Å². The standard InChI is InChI=1S/C26H40N2O5/c1-28(2)17-21-20(13-10-14-22(21)29)23(24(30)33-19-11-6-4-7-12-19)26(15-8-5-9-16-26)18-27-25(31)32-3/h4,6-7,11-12,20-23,29H,5,8-10,13-18H2,1-3H3,(H,27,31). The zero-order chi connectivity index (χ0) is 23.8. The number of carbonyl (C=O) groups excluding carboxylic acids is 2. The number of para-hydroxylation sites is 1. The van der Waals surface area contributed by atoms with Gasteiger partial charge in [0.15, 0.2) is 0 Å². The second-order valence-corrected chi connectivity index (χ2v) is 10.1. The zero-order valence-corrected chi connectivity index (χ0v) is 20.3. The lowest BCUT2D eigenvalue weighted by Gasteiger charge is -2.49. The second kappa shape index (κ2) is 11.8. The van der Waals surface area contributed by atoms with Crippen molar-refractivity contribution in [1.82, 2.24) is 10.2 Å². The number of esters is 1. The Labute approximate surface area is 197 Å². The third-order valence-corrected chi connectivity index (χ3v) is 7.58. The van der Waals surface area contributed by atoms with E-state index < -0.39 is 23.5 Å². The Morgan fingerprint density at radius 3 is 2.45 bits per heavy atom. The lowest BCUT2D eigenvalue weighted by molar-refractivity contribution is -0.153. The predicted molar refractivity (Wildman–Crippen MR) is 127 cm³/mol. The van der Waals surface area contributed by atoms with E-state index in [1.807, 2.05) is 32.3 Å². The molecule has 7 heteroatoms. The van der Waals surface area contributed by atoms with Gasteiger partial charge in [-0.3, -0.25) is 4.79 Å². The molecule has 0 radical (unpaired) electrons. The van der Waals surface area contributed by atoms with Gasteiger partial charge in [-0.05, 0) is 57.8 Å². The van der Waals surface area contributed by atoms with Gasteiger partial charge in [0.05, 0.1) is 19.1 Å². The maximum atomic E-state index is 13.9. The largest absolute Gasteiger partial charge is 0.453 e. The molecule has 2 fully saturated rings. The van der Waals surface area contributed by atoms with Crippen LogP contribution in [0.1, 0.15) is 51.4 Å². The van der Waals surface area contributed by atoms with Gasteiger partial charge >= 0.3 is 12.1 Å². The van der Waals surface area contributed by atoms with Crippen LogP contribution in [0.3, 0.4) is 0 Å². The van der Waals surface area contributed by atoms with Crippen molar-refractivity contribution in [3.8, 4) is 5.75 Å². The minimum atomic E-state index is -0.483. The van der Waals surface area contributed by atoms with E-state index in [1.165, 1.54) is 7.11 Å². The predicted octanol–water partition coefficient (Wildman–Crippen LogP) is 3.85. The number of hydrogen-bond acceptors (Lipinski definition) is 6. The maximum Gasteiger partial charge on any atom is 0.406 e. The molecule has 2 N–H and O–H groups in total. The highest BCUT2D eigenvalue weighted by Gasteiger charge is 2.52. The Kier molecular flexibility index (Phi) is 9.15. The number of benzene rings is 1. The van der Waals surface area contributed by atoms with Crippen molar-refractivity contribution < 1.29 is 24.2 Å². The molecule has 0 aromatic heterocycles. The Morgan fingerprint density at radius 2 is 1.82 bits per heavy atom. The average Bonchev–Trinajstić information content (AvgIpc) is 2.81. The summed E-state index contributed by atoms with van der Waals surface area (Å²) in [6, 6.07) is 9.19. The highest BCUT2D eigenvalue weighted by atomic mass is 16.5. The quantitative estimate of drug-likeness (QED) is 0.453. The van der Waals surface area contributed by atoms with Crippen molar-refractivity contribution in [2.24, 2.45) is 23.2 Å². The number of carbonyl (C=O) groups is 2. The molecule has 7 nitrogen and oxygen atoms in total. The number of methoxy groups -OCH3 is 1. The minimum Gasteiger partial charge on any atom is -0.453 e. The van der Waals surface area contributed by atoms with Gasteiger partial charge < -0.3 is 24.8 Å². The Bertz CT molecular complexity index is 763. The van der Waals surface area contributed by atoms with Crippen molar-refractivity contribution in [2.45, 2.75) is 57.5 Å². The maximum absolute atomic E-state index is 13.9. The van der Waals surface area contributed by atoms with Crippen LogP contribution in [0.5, 0.6) is 5.75 Å². The molecule has 2 aliphatic carbocycles. The van der Waals surface area contributed by atoms with E-state index in [4.69, 9.17) is 9.47 Å². The lowest BCUT2D eigenvalue weighted by Crippen LogP contribution is -2.54. The van der Waals surface area contributed by atoms with Gasteiger partial charge in [-0.2, -0.15) is 0 Å². The van der Waals surface area contributed by atoms with Crippen LogP contribution in [0.2, 0.25) is 0 Å². The molecule has 2 aliphatic rings. The van der Waals surface area contributed by atoms with E-state index in [0.29, 0.717) is 18.8 Å². The monoisotopic (exact) mass is 460 g/mol. The smallest absolute Gasteiger partial charge is 0.406 e. The molecular formula is C26H40N2O5. The summed E-state index contributed by atoms with van der Waals surface area (Å²) in [4.78, 5) is 28.0. The van der Waals surface area contributed by atoms with Crippen LogP contribution in [-0.4, -0.2) is 62.5 Å². The first-order chi connectivity index (χ1) is 15.9. The van der Waals surface area contributed by atoms with Gasteiger partial charge in [-0.1, -0.05) is 43.9 Å². The van der Waals surface area contributed by atoms with E-state index in [2.05, 4.69) is 10.2 Å². The summed E-state index contributed by atoms with van der Waals surface area (Å²) in [6.45, 7) is 1.08. The van der Waals surface area contributed by atoms with Gasteiger partial charge in [0.25, 0.3) is 0 Å². The molecule has 1 amide bonds. The summed E-state index contributed by atoms with van der Waals surface area (Å²) in [5.41, 5.74) is -0.426. The zero-order valence-electron chi connectivity index (χ0n) is 20.3. The Hall–Kier alpha value is -2.12. The first-order valence-corrected chi connectivity index (χ1v) is 12.3. The molecule has 1 aromatic carbocycles. The van der Waals surface area contributed by atoms with Crippen molar-refractivity contribution in [2.75, 3.05) is 34.3 Å². The van der Waals surface area contributed by atoms with E-state index in [9.17, 15) is 14.7 Å². The second-order valence-electron chi connectivity index (χ2n) is 10.1. The molecule has 0 heterocycles. The molecule has 0 aliphatic heterocycles. The fraction of sp³-hybridized carbons (Fsp3) is 0.692. The summed E-state index contributed by atoms with van der Waals surface area (Å²) in [5.74, 6) is -0.198. The van der Waals surface area contributed by atoms with E-state index in [1.54, 1.807) is 12.1 Å². The fourth-order valence-electron chi connectivity index (χ4n) is 6.09. The number of aliphatic hydroxyl groups is 1. The Balaban J connectivity index is 1.99. The summed E-state index contributed by atoms with van der Waals surface area (Å²) in [6.07, 6.45) is 6.38. The molecule has 184 valence electrons. The number of nitrogens with one attached hydrogen (secondary N) is 1. The van der Waals surface area contributed by atoms with Gasteiger partial charge in [-0.25, -0.2) is 4.79 Å². The van der Waals surface area contributed by atoms with Crippen molar-refractivity contribution in [3.05, 3.63) is 30.3 Å². The van der Waals surface area contributed by atoms with E-state index in [0.717, 1.165) is 51.4 Å². The summed E-state index contributed by atoms with van der Waals surface area (Å²) < 4.78 is 10.8. The SMILES string of the molecule is COC(=O)NCC1(C(C(=O)Oc2ccccc2)C2CCCC(O)C2CN(C)C)CCCCC1. The molecule has 4 unspecified atom stereocenters. The first-order valence-electron chi connectivity index (χ1n) is 12.3. The molecule has 2 saturated carbocycles. The normalized spacial score (nSPS) is 25.8. The average molecular weight is 461 g/mol. The highest BCUT2D eigenvalue weighted by Crippen LogP contribution is 2.50. The number of hydrogen-bond donors (Lipinski definition) is 2. The van der Waals surface area contributed by atoms with Crippen LogP contribution in [0.25, 0.3) is 0 Å². The molecule has 0 saturated heterocycles. The van der Waals surface area contributed by atoms with Gasteiger partial charge in [0.2, 0.25) is 0 Å². The van der Waals surface area contributed by atoms with Crippen LogP contribution in [0.15, 0.2) is 30.3 Å². The third-order valence-electron chi connectivity index (χ3n) is 7.58. The van der Waals surface area contributed by atoms with Crippen LogP contribution in [0.4, 0.5) is 4.79 Å². The molecular weight excluding hydrogens is 420 g/mol. The summed E-state index contributed by atoms with van der Waals surface area (Å²) >= 11 is 0. The number of nitrogens with zero attached hydrogens (tertiary/aromatic N) is 1. The topological polar surface area (TPSA) is 88.1 Å². The fourth-order valence-corrected chi connectivity index (χ4v) is 6.09. The molecule has 1 aromatic rings. The van der Waals surface area contributed by atoms with Gasteiger partial charge in [-0.15, -0.1) is 0 Å². The molecule has 0 bridgehead atoms. The van der Waals surface area contributed by atoms with Crippen LogP contribution < -0.4 is 10.1 Å². The van der Waals surface area contributed by atoms with Crippen molar-refractivity contribution >= 4 is 12.1 Å².